The highest BCUT2D eigenvalue weighted by molar-refractivity contribution is 5.74. The number of hydrogen-bond donors (Lipinski definition) is 2. The Morgan fingerprint density at radius 3 is 2.81 bits per heavy atom. The number of amides is 1. The van der Waals surface area contributed by atoms with E-state index < -0.39 is 5.91 Å². The lowest BCUT2D eigenvalue weighted by Crippen LogP contribution is -2.30. The van der Waals surface area contributed by atoms with Crippen molar-refractivity contribution in [3.63, 3.8) is 0 Å². The summed E-state index contributed by atoms with van der Waals surface area (Å²) < 4.78 is 9.13. The summed E-state index contributed by atoms with van der Waals surface area (Å²) in [6.45, 7) is 9.89. The van der Waals surface area contributed by atoms with E-state index >= 15 is 0 Å². The molecule has 0 saturated heterocycles. The first kappa shape index (κ1) is 23.6. The van der Waals surface area contributed by atoms with E-state index in [1.165, 1.54) is 5.56 Å². The van der Waals surface area contributed by atoms with Crippen molar-refractivity contribution in [2.45, 2.75) is 53.1 Å². The second kappa shape index (κ2) is 11.0. The number of nitrogens with two attached hydrogens (primary N) is 1. The van der Waals surface area contributed by atoms with Crippen molar-refractivity contribution in [2.75, 3.05) is 19.8 Å². The molecule has 2 aromatic heterocycles. The highest BCUT2D eigenvalue weighted by atomic mass is 16.5. The summed E-state index contributed by atoms with van der Waals surface area (Å²) in [6.07, 6.45) is 3.72. The smallest absolute Gasteiger partial charge is 0.243 e. The van der Waals surface area contributed by atoms with Gasteiger partial charge in [0, 0.05) is 24.3 Å². The highest BCUT2D eigenvalue weighted by Crippen LogP contribution is 2.27. The van der Waals surface area contributed by atoms with Crippen LogP contribution in [-0.2, 0) is 22.5 Å². The third kappa shape index (κ3) is 5.20. The average molecular weight is 441 g/mol. The molecule has 1 unspecified atom stereocenters. The number of rotatable bonds is 12. The molecule has 0 aliphatic heterocycles. The zero-order valence-corrected chi connectivity index (χ0v) is 19.2. The van der Waals surface area contributed by atoms with Gasteiger partial charge in [0.2, 0.25) is 5.91 Å². The third-order valence-electron chi connectivity index (χ3n) is 5.39. The predicted molar refractivity (Wildman–Crippen MR) is 120 cm³/mol. The summed E-state index contributed by atoms with van der Waals surface area (Å²) in [5.41, 5.74) is 10.5. The maximum absolute atomic E-state index is 10.9. The molecule has 3 rings (SSSR count). The number of para-hydroxylation sites is 1. The molecule has 1 atom stereocenters. The fourth-order valence-corrected chi connectivity index (χ4v) is 3.81. The second-order valence-electron chi connectivity index (χ2n) is 7.70. The van der Waals surface area contributed by atoms with Crippen LogP contribution in [0.3, 0.4) is 0 Å². The molecule has 0 aliphatic rings. The number of aromatic nitrogens is 6. The SMILES string of the molecule is CCCn1ncc(C(NCCOCC(N)=O)c2nnnn2-c2c(C)cccc2CC)c1C. The summed E-state index contributed by atoms with van der Waals surface area (Å²) in [4.78, 5) is 10.9. The number of tetrazole rings is 1. The van der Waals surface area contributed by atoms with Crippen LogP contribution in [0.5, 0.6) is 0 Å². The Morgan fingerprint density at radius 1 is 1.28 bits per heavy atom. The summed E-state index contributed by atoms with van der Waals surface area (Å²) in [5, 5.41) is 20.8. The van der Waals surface area contributed by atoms with Gasteiger partial charge in [-0.1, -0.05) is 32.0 Å². The maximum atomic E-state index is 10.9. The van der Waals surface area contributed by atoms with E-state index in [1.54, 1.807) is 0 Å². The van der Waals surface area contributed by atoms with E-state index in [0.717, 1.165) is 41.9 Å². The number of aryl methyl sites for hydroxylation is 3. The van der Waals surface area contributed by atoms with E-state index in [4.69, 9.17) is 10.5 Å². The molecule has 10 nitrogen and oxygen atoms in total. The normalized spacial score (nSPS) is 12.2. The molecule has 0 spiro atoms. The van der Waals surface area contributed by atoms with Gasteiger partial charge in [-0.3, -0.25) is 9.48 Å². The van der Waals surface area contributed by atoms with Crippen molar-refractivity contribution in [1.82, 2.24) is 35.3 Å². The Balaban J connectivity index is 1.98. The molecule has 10 heteroatoms. The fraction of sp³-hybridized carbons (Fsp3) is 0.500. The van der Waals surface area contributed by atoms with Crippen LogP contribution in [-0.4, -0.2) is 55.7 Å². The third-order valence-corrected chi connectivity index (χ3v) is 5.39. The molecule has 0 radical (unpaired) electrons. The molecule has 0 aliphatic carbocycles. The Morgan fingerprint density at radius 2 is 2.09 bits per heavy atom. The monoisotopic (exact) mass is 440 g/mol. The first-order valence-electron chi connectivity index (χ1n) is 11.0. The summed E-state index contributed by atoms with van der Waals surface area (Å²) in [7, 11) is 0. The lowest BCUT2D eigenvalue weighted by molar-refractivity contribution is -0.122. The molecule has 3 aromatic rings. The summed E-state index contributed by atoms with van der Waals surface area (Å²) in [5.74, 6) is 0.178. The molecule has 1 aromatic carbocycles. The van der Waals surface area contributed by atoms with Gasteiger partial charge in [0.25, 0.3) is 0 Å². The van der Waals surface area contributed by atoms with Crippen LogP contribution >= 0.6 is 0 Å². The largest absolute Gasteiger partial charge is 0.370 e. The fourth-order valence-electron chi connectivity index (χ4n) is 3.81. The van der Waals surface area contributed by atoms with Crippen LogP contribution in [0.25, 0.3) is 5.69 Å². The minimum atomic E-state index is -0.492. The molecule has 0 saturated carbocycles. The van der Waals surface area contributed by atoms with Crippen molar-refractivity contribution < 1.29 is 9.53 Å². The van der Waals surface area contributed by atoms with E-state index in [1.807, 2.05) is 21.6 Å². The van der Waals surface area contributed by atoms with E-state index in [2.05, 4.69) is 65.8 Å². The van der Waals surface area contributed by atoms with Gasteiger partial charge in [0.05, 0.1) is 24.5 Å². The lowest BCUT2D eigenvalue weighted by Gasteiger charge is -2.20. The number of carbonyl (C=O) groups is 1. The zero-order chi connectivity index (χ0) is 23.1. The Kier molecular flexibility index (Phi) is 8.07. The van der Waals surface area contributed by atoms with Gasteiger partial charge in [0.15, 0.2) is 5.82 Å². The second-order valence-corrected chi connectivity index (χ2v) is 7.70. The van der Waals surface area contributed by atoms with Crippen LogP contribution in [0.15, 0.2) is 24.4 Å². The number of primary amides is 1. The van der Waals surface area contributed by atoms with Crippen LogP contribution in [0.1, 0.15) is 54.5 Å². The van der Waals surface area contributed by atoms with Crippen molar-refractivity contribution >= 4 is 5.91 Å². The number of carbonyl (C=O) groups excluding carboxylic acids is 1. The van der Waals surface area contributed by atoms with Gasteiger partial charge in [0.1, 0.15) is 6.61 Å². The van der Waals surface area contributed by atoms with Crippen LogP contribution < -0.4 is 11.1 Å². The quantitative estimate of drug-likeness (QED) is 0.410. The average Bonchev–Trinajstić information content (AvgIpc) is 3.38. The minimum Gasteiger partial charge on any atom is -0.370 e. The van der Waals surface area contributed by atoms with Gasteiger partial charge < -0.3 is 15.8 Å². The van der Waals surface area contributed by atoms with Gasteiger partial charge in [-0.2, -0.15) is 9.78 Å². The van der Waals surface area contributed by atoms with Gasteiger partial charge in [-0.15, -0.1) is 5.10 Å². The molecular weight excluding hydrogens is 408 g/mol. The highest BCUT2D eigenvalue weighted by Gasteiger charge is 2.26. The number of ether oxygens (including phenoxy) is 1. The molecule has 0 bridgehead atoms. The molecule has 1 amide bonds. The van der Waals surface area contributed by atoms with Crippen molar-refractivity contribution in [3.8, 4) is 5.69 Å². The zero-order valence-electron chi connectivity index (χ0n) is 19.2. The van der Waals surface area contributed by atoms with E-state index in [0.29, 0.717) is 19.0 Å². The first-order chi connectivity index (χ1) is 15.5. The van der Waals surface area contributed by atoms with E-state index in [9.17, 15) is 4.79 Å². The molecule has 3 N–H and O–H groups in total. The summed E-state index contributed by atoms with van der Waals surface area (Å²) in [6, 6.07) is 5.90. The Bertz CT molecular complexity index is 1040. The standard InChI is InChI=1S/C22H32N8O2/c1-5-11-29-16(4)18(13-25-29)20(24-10-12-32-14-19(23)31)22-26-27-28-30(22)21-15(3)8-7-9-17(21)6-2/h7-9,13,20,24H,5-6,10-12,14H2,1-4H3,(H2,23,31). The Hall–Kier alpha value is -3.11. The number of hydrogen-bond acceptors (Lipinski definition) is 7. The maximum Gasteiger partial charge on any atom is 0.243 e. The molecule has 0 fully saturated rings. The number of nitrogens with one attached hydrogen (secondary N) is 1. The van der Waals surface area contributed by atoms with Crippen LogP contribution in [0.4, 0.5) is 0 Å². The minimum absolute atomic E-state index is 0.111. The number of nitrogens with zero attached hydrogens (tertiary/aromatic N) is 6. The first-order valence-corrected chi connectivity index (χ1v) is 11.0. The van der Waals surface area contributed by atoms with Crippen molar-refractivity contribution in [1.29, 1.82) is 0 Å². The number of benzene rings is 1. The van der Waals surface area contributed by atoms with E-state index in [-0.39, 0.29) is 12.6 Å². The molecule has 172 valence electrons. The summed E-state index contributed by atoms with van der Waals surface area (Å²) >= 11 is 0. The lowest BCUT2D eigenvalue weighted by atomic mass is 10.0. The van der Waals surface area contributed by atoms with Crippen LogP contribution in [0.2, 0.25) is 0 Å². The van der Waals surface area contributed by atoms with Gasteiger partial charge >= 0.3 is 0 Å². The molecule has 2 heterocycles. The van der Waals surface area contributed by atoms with Crippen LogP contribution in [0, 0.1) is 13.8 Å². The Labute approximate surface area is 188 Å². The van der Waals surface area contributed by atoms with Gasteiger partial charge in [-0.05, 0) is 48.2 Å². The topological polar surface area (TPSA) is 126 Å². The molecule has 32 heavy (non-hydrogen) atoms. The van der Waals surface area contributed by atoms with Crippen molar-refractivity contribution in [3.05, 3.63) is 52.6 Å². The van der Waals surface area contributed by atoms with Crippen molar-refractivity contribution in [2.24, 2.45) is 5.73 Å². The molecular formula is C22H32N8O2. The van der Waals surface area contributed by atoms with Gasteiger partial charge in [-0.25, -0.2) is 0 Å². The predicted octanol–water partition coefficient (Wildman–Crippen LogP) is 1.63.